The van der Waals surface area contributed by atoms with Gasteiger partial charge in [-0.25, -0.2) is 14.8 Å². The predicted octanol–water partition coefficient (Wildman–Crippen LogP) is 4.07. The summed E-state index contributed by atoms with van der Waals surface area (Å²) in [6.45, 7) is -0.183. The highest BCUT2D eigenvalue weighted by Crippen LogP contribution is 2.37. The first-order valence-corrected chi connectivity index (χ1v) is 9.81. The largest absolute Gasteiger partial charge is 0.454 e. The van der Waals surface area contributed by atoms with Crippen LogP contribution in [0.1, 0.15) is 39.5 Å². The lowest BCUT2D eigenvalue weighted by atomic mass is 9.97. The molecule has 0 bridgehead atoms. The molecule has 1 aliphatic rings. The van der Waals surface area contributed by atoms with E-state index in [0.29, 0.717) is 11.6 Å². The number of anilines is 1. The summed E-state index contributed by atoms with van der Waals surface area (Å²) in [5.41, 5.74) is 7.04. The molecule has 0 saturated carbocycles. The number of nitrogens with zero attached hydrogens (tertiary/aromatic N) is 3. The number of hydrogen-bond acceptors (Lipinski definition) is 8. The maximum absolute atomic E-state index is 12.2. The van der Waals surface area contributed by atoms with E-state index in [-0.39, 0.29) is 22.9 Å². The van der Waals surface area contributed by atoms with Crippen LogP contribution in [0.3, 0.4) is 0 Å². The molecule has 144 valence electrons. The Morgan fingerprint density at radius 3 is 2.89 bits per heavy atom. The molecule has 0 amide bonds. The first-order valence-electron chi connectivity index (χ1n) is 8.61. The van der Waals surface area contributed by atoms with Crippen molar-refractivity contribution in [2.24, 2.45) is 0 Å². The van der Waals surface area contributed by atoms with Crippen molar-refractivity contribution in [3.63, 3.8) is 0 Å². The number of nitro benzene ring substituents is 1. The van der Waals surface area contributed by atoms with Gasteiger partial charge in [0.1, 0.15) is 15.7 Å². The van der Waals surface area contributed by atoms with Crippen LogP contribution in [0.5, 0.6) is 0 Å². The molecule has 28 heavy (non-hydrogen) atoms. The number of carbonyl (C=O) groups is 1. The molecule has 0 spiro atoms. The summed E-state index contributed by atoms with van der Waals surface area (Å²) < 4.78 is 5.21. The molecule has 4 rings (SSSR count). The van der Waals surface area contributed by atoms with E-state index in [1.807, 2.05) is 0 Å². The second kappa shape index (κ2) is 7.33. The summed E-state index contributed by atoms with van der Waals surface area (Å²) in [7, 11) is 0. The molecule has 1 aliphatic carbocycles. The van der Waals surface area contributed by atoms with Gasteiger partial charge in [-0.2, -0.15) is 0 Å². The number of aromatic nitrogens is 2. The number of esters is 1. The first kappa shape index (κ1) is 18.6. The molecule has 0 radical (unpaired) electrons. The van der Waals surface area contributed by atoms with Crippen molar-refractivity contribution in [2.75, 3.05) is 5.73 Å². The van der Waals surface area contributed by atoms with Gasteiger partial charge in [0.15, 0.2) is 12.4 Å². The fourth-order valence-electron chi connectivity index (χ4n) is 3.29. The van der Waals surface area contributed by atoms with E-state index < -0.39 is 10.9 Å². The van der Waals surface area contributed by atoms with Crippen LogP contribution in [0.4, 0.5) is 11.5 Å². The second-order valence-electron chi connectivity index (χ2n) is 6.42. The zero-order valence-electron chi connectivity index (χ0n) is 14.6. The Hall–Kier alpha value is -2.78. The molecule has 3 aromatic rings. The SMILES string of the molecule is Nc1nc(COC(=O)c2ccc(Cl)c([N+](=O)[O-])c2)nc2sc3c(c12)CCCC3. The Balaban J connectivity index is 1.55. The Morgan fingerprint density at radius 1 is 1.32 bits per heavy atom. The normalized spacial score (nSPS) is 13.3. The third-order valence-corrected chi connectivity index (χ3v) is 6.11. The lowest BCUT2D eigenvalue weighted by Gasteiger charge is -2.10. The quantitative estimate of drug-likeness (QED) is 0.385. The van der Waals surface area contributed by atoms with Gasteiger partial charge in [-0.05, 0) is 43.4 Å². The minimum Gasteiger partial charge on any atom is -0.454 e. The third kappa shape index (κ3) is 3.38. The van der Waals surface area contributed by atoms with Crippen LogP contribution in [0.2, 0.25) is 5.02 Å². The maximum Gasteiger partial charge on any atom is 0.338 e. The highest BCUT2D eigenvalue weighted by atomic mass is 35.5. The zero-order valence-corrected chi connectivity index (χ0v) is 16.2. The van der Waals surface area contributed by atoms with Crippen LogP contribution in [0.15, 0.2) is 18.2 Å². The number of carbonyl (C=O) groups excluding carboxylic acids is 1. The first-order chi connectivity index (χ1) is 13.4. The number of fused-ring (bicyclic) bond motifs is 3. The van der Waals surface area contributed by atoms with Gasteiger partial charge in [0.25, 0.3) is 5.69 Å². The summed E-state index contributed by atoms with van der Waals surface area (Å²) in [5, 5.41) is 11.8. The van der Waals surface area contributed by atoms with Crippen molar-refractivity contribution < 1.29 is 14.5 Å². The van der Waals surface area contributed by atoms with Crippen molar-refractivity contribution in [2.45, 2.75) is 32.3 Å². The van der Waals surface area contributed by atoms with Crippen LogP contribution in [0.25, 0.3) is 10.2 Å². The van der Waals surface area contributed by atoms with E-state index in [4.69, 9.17) is 22.1 Å². The minimum absolute atomic E-state index is 0.0248. The second-order valence-corrected chi connectivity index (χ2v) is 7.91. The van der Waals surface area contributed by atoms with Gasteiger partial charge in [-0.15, -0.1) is 11.3 Å². The average molecular weight is 419 g/mol. The van der Waals surface area contributed by atoms with Crippen LogP contribution in [0, 0.1) is 10.1 Å². The number of nitrogens with two attached hydrogens (primary N) is 1. The lowest BCUT2D eigenvalue weighted by molar-refractivity contribution is -0.384. The van der Waals surface area contributed by atoms with Crippen LogP contribution < -0.4 is 5.73 Å². The Morgan fingerprint density at radius 2 is 2.11 bits per heavy atom. The van der Waals surface area contributed by atoms with Crippen molar-refractivity contribution in [3.8, 4) is 0 Å². The zero-order chi connectivity index (χ0) is 19.8. The molecule has 2 heterocycles. The molecule has 8 nitrogen and oxygen atoms in total. The summed E-state index contributed by atoms with van der Waals surface area (Å²) in [6, 6.07) is 3.73. The van der Waals surface area contributed by atoms with Crippen molar-refractivity contribution in [1.29, 1.82) is 0 Å². The number of ether oxygens (including phenoxy) is 1. The minimum atomic E-state index is -0.729. The summed E-state index contributed by atoms with van der Waals surface area (Å²) in [4.78, 5) is 33.4. The summed E-state index contributed by atoms with van der Waals surface area (Å²) >= 11 is 7.36. The molecule has 0 unspecified atom stereocenters. The van der Waals surface area contributed by atoms with E-state index in [1.54, 1.807) is 11.3 Å². The molecule has 0 atom stereocenters. The Bertz CT molecular complexity index is 1110. The van der Waals surface area contributed by atoms with E-state index in [0.717, 1.165) is 42.0 Å². The molecule has 0 fully saturated rings. The van der Waals surface area contributed by atoms with Gasteiger partial charge in [-0.1, -0.05) is 11.6 Å². The van der Waals surface area contributed by atoms with Crippen molar-refractivity contribution in [3.05, 3.63) is 55.2 Å². The number of thiophene rings is 1. The van der Waals surface area contributed by atoms with Gasteiger partial charge >= 0.3 is 5.97 Å². The molecule has 0 saturated heterocycles. The van der Waals surface area contributed by atoms with Crippen LogP contribution in [-0.2, 0) is 24.2 Å². The van der Waals surface area contributed by atoms with Gasteiger partial charge < -0.3 is 10.5 Å². The van der Waals surface area contributed by atoms with Crippen LogP contribution >= 0.6 is 22.9 Å². The monoisotopic (exact) mass is 418 g/mol. The molecule has 0 aliphatic heterocycles. The fourth-order valence-corrected chi connectivity index (χ4v) is 4.76. The smallest absolute Gasteiger partial charge is 0.338 e. The summed E-state index contributed by atoms with van der Waals surface area (Å²) in [6.07, 6.45) is 4.29. The molecule has 2 aromatic heterocycles. The maximum atomic E-state index is 12.2. The fraction of sp³-hybridized carbons (Fsp3) is 0.278. The van der Waals surface area contributed by atoms with Crippen molar-refractivity contribution >= 4 is 50.6 Å². The average Bonchev–Trinajstić information content (AvgIpc) is 3.05. The molecule has 1 aromatic carbocycles. The van der Waals surface area contributed by atoms with Crippen molar-refractivity contribution in [1.82, 2.24) is 9.97 Å². The summed E-state index contributed by atoms with van der Waals surface area (Å²) in [5.74, 6) is -0.0505. The van der Waals surface area contributed by atoms with Crippen LogP contribution in [-0.4, -0.2) is 20.9 Å². The number of nitro groups is 1. The molecule has 2 N–H and O–H groups in total. The van der Waals surface area contributed by atoms with E-state index in [9.17, 15) is 14.9 Å². The number of nitrogen functional groups attached to an aromatic ring is 1. The number of halogens is 1. The highest BCUT2D eigenvalue weighted by molar-refractivity contribution is 7.19. The standard InChI is InChI=1S/C18H15ClN4O4S/c19-11-6-5-9(7-12(11)23(25)26)18(24)27-8-14-21-16(20)15-10-3-1-2-4-13(10)28-17(15)22-14/h5-7H,1-4,8H2,(H2,20,21,22). The Kier molecular flexibility index (Phi) is 4.86. The number of rotatable bonds is 4. The van der Waals surface area contributed by atoms with Gasteiger partial charge in [-0.3, -0.25) is 10.1 Å². The van der Waals surface area contributed by atoms with E-state index in [2.05, 4.69) is 9.97 Å². The molecule has 10 heteroatoms. The van der Waals surface area contributed by atoms with E-state index >= 15 is 0 Å². The van der Waals surface area contributed by atoms with Gasteiger partial charge in [0.05, 0.1) is 15.9 Å². The third-order valence-electron chi connectivity index (χ3n) is 4.60. The number of hydrogen-bond donors (Lipinski definition) is 1. The van der Waals surface area contributed by atoms with Gasteiger partial charge in [0.2, 0.25) is 0 Å². The predicted molar refractivity (Wildman–Crippen MR) is 106 cm³/mol. The van der Waals surface area contributed by atoms with Gasteiger partial charge in [0, 0.05) is 10.9 Å². The molecular formula is C18H15ClN4O4S. The molecular weight excluding hydrogens is 404 g/mol. The number of aryl methyl sites for hydroxylation is 2. The number of benzene rings is 1. The van der Waals surface area contributed by atoms with E-state index in [1.165, 1.54) is 22.6 Å². The topological polar surface area (TPSA) is 121 Å². The lowest BCUT2D eigenvalue weighted by Crippen LogP contribution is -2.09. The Labute approximate surface area is 168 Å². The highest BCUT2D eigenvalue weighted by Gasteiger charge is 2.21.